The van der Waals surface area contributed by atoms with Crippen molar-refractivity contribution in [2.45, 2.75) is 12.5 Å². The lowest BCUT2D eigenvalue weighted by Gasteiger charge is -2.26. The van der Waals surface area contributed by atoms with Gasteiger partial charge in [-0.25, -0.2) is 8.78 Å². The van der Waals surface area contributed by atoms with Crippen molar-refractivity contribution in [2.24, 2.45) is 0 Å². The van der Waals surface area contributed by atoms with Gasteiger partial charge in [-0.1, -0.05) is 41.9 Å². The van der Waals surface area contributed by atoms with Crippen LogP contribution in [-0.2, 0) is 5.60 Å². The Morgan fingerprint density at radius 2 is 1.61 bits per heavy atom. The molecular weight excluding hydrogens is 258 g/mol. The maximum atomic E-state index is 13.7. The molecule has 1 unspecified atom stereocenters. The van der Waals surface area contributed by atoms with Gasteiger partial charge in [-0.05, 0) is 19.1 Å². The maximum Gasteiger partial charge on any atom is 0.165 e. The summed E-state index contributed by atoms with van der Waals surface area (Å²) in [5.74, 6) is -2.07. The molecule has 2 aromatic rings. The topological polar surface area (TPSA) is 20.2 Å². The highest BCUT2D eigenvalue weighted by atomic mass is 35.5. The molecule has 0 radical (unpaired) electrons. The molecule has 0 saturated carbocycles. The molecule has 0 aromatic heterocycles. The van der Waals surface area contributed by atoms with Gasteiger partial charge >= 0.3 is 0 Å². The molecule has 0 aliphatic heterocycles. The van der Waals surface area contributed by atoms with E-state index in [9.17, 15) is 13.9 Å². The first-order valence-electron chi connectivity index (χ1n) is 5.36. The van der Waals surface area contributed by atoms with Gasteiger partial charge in [0.25, 0.3) is 0 Å². The Hall–Kier alpha value is -1.45. The molecule has 0 bridgehead atoms. The lowest BCUT2D eigenvalue weighted by atomic mass is 9.88. The van der Waals surface area contributed by atoms with Gasteiger partial charge in [-0.15, -0.1) is 0 Å². The first kappa shape index (κ1) is 13.0. The quantitative estimate of drug-likeness (QED) is 0.876. The van der Waals surface area contributed by atoms with Gasteiger partial charge in [-0.3, -0.25) is 0 Å². The summed E-state index contributed by atoms with van der Waals surface area (Å²) in [4.78, 5) is 0. The molecule has 0 heterocycles. The third-order valence-corrected chi connectivity index (χ3v) is 3.20. The zero-order valence-electron chi connectivity index (χ0n) is 9.62. The Morgan fingerprint density at radius 3 is 2.28 bits per heavy atom. The molecule has 1 nitrogen and oxygen atoms in total. The summed E-state index contributed by atoms with van der Waals surface area (Å²) >= 11 is 5.97. The van der Waals surface area contributed by atoms with Gasteiger partial charge in [0.15, 0.2) is 11.6 Å². The first-order valence-corrected chi connectivity index (χ1v) is 5.74. The van der Waals surface area contributed by atoms with E-state index in [2.05, 4.69) is 0 Å². The van der Waals surface area contributed by atoms with Gasteiger partial charge in [0, 0.05) is 16.1 Å². The van der Waals surface area contributed by atoms with Crippen LogP contribution in [-0.4, -0.2) is 5.11 Å². The molecule has 1 atom stereocenters. The van der Waals surface area contributed by atoms with Crippen LogP contribution in [0.2, 0.25) is 5.02 Å². The summed E-state index contributed by atoms with van der Waals surface area (Å²) in [6.07, 6.45) is 0. The largest absolute Gasteiger partial charge is 0.381 e. The Morgan fingerprint density at radius 1 is 1.00 bits per heavy atom. The third kappa shape index (κ3) is 2.11. The number of benzene rings is 2. The van der Waals surface area contributed by atoms with E-state index in [4.69, 9.17) is 11.6 Å². The van der Waals surface area contributed by atoms with E-state index in [1.54, 1.807) is 24.3 Å². The van der Waals surface area contributed by atoms with Crippen LogP contribution in [0.5, 0.6) is 0 Å². The van der Waals surface area contributed by atoms with E-state index in [0.717, 1.165) is 6.07 Å². The lowest BCUT2D eigenvalue weighted by Crippen LogP contribution is -2.25. The third-order valence-electron chi connectivity index (χ3n) is 2.87. The van der Waals surface area contributed by atoms with Crippen molar-refractivity contribution in [1.29, 1.82) is 0 Å². The molecule has 94 valence electrons. The minimum absolute atomic E-state index is 0.143. The predicted molar refractivity (Wildman–Crippen MR) is 66.5 cm³/mol. The van der Waals surface area contributed by atoms with Crippen LogP contribution < -0.4 is 0 Å². The molecule has 0 aliphatic rings. The average Bonchev–Trinajstić information content (AvgIpc) is 2.32. The summed E-state index contributed by atoms with van der Waals surface area (Å²) in [5, 5.41) is 10.7. The normalized spacial score (nSPS) is 14.3. The fraction of sp³-hybridized carbons (Fsp3) is 0.143. The number of aliphatic hydroxyl groups is 1. The van der Waals surface area contributed by atoms with Gasteiger partial charge < -0.3 is 5.11 Å². The standard InChI is InChI=1S/C14H11ClF2O/c1-14(18,9-5-2-3-7-11(9)15)10-6-4-8-12(16)13(10)17/h2-8,18H,1H3. The van der Waals surface area contributed by atoms with Crippen molar-refractivity contribution in [2.75, 3.05) is 0 Å². The van der Waals surface area contributed by atoms with Crippen molar-refractivity contribution in [3.8, 4) is 0 Å². The van der Waals surface area contributed by atoms with Crippen molar-refractivity contribution in [1.82, 2.24) is 0 Å². The summed E-state index contributed by atoms with van der Waals surface area (Å²) < 4.78 is 26.9. The van der Waals surface area contributed by atoms with E-state index in [-0.39, 0.29) is 5.56 Å². The highest BCUT2D eigenvalue weighted by Crippen LogP contribution is 2.35. The van der Waals surface area contributed by atoms with Crippen molar-refractivity contribution in [3.05, 3.63) is 70.2 Å². The molecular formula is C14H11ClF2O. The van der Waals surface area contributed by atoms with E-state index in [1.165, 1.54) is 19.1 Å². The number of hydrogen-bond acceptors (Lipinski definition) is 1. The fourth-order valence-corrected chi connectivity index (χ4v) is 2.20. The fourth-order valence-electron chi connectivity index (χ4n) is 1.88. The summed E-state index contributed by atoms with van der Waals surface area (Å²) in [6, 6.07) is 10.2. The second-order valence-corrected chi connectivity index (χ2v) is 4.56. The van der Waals surface area contributed by atoms with E-state index < -0.39 is 17.2 Å². The molecule has 2 aromatic carbocycles. The summed E-state index contributed by atoms with van der Waals surface area (Å²) in [5.41, 5.74) is -1.50. The molecule has 18 heavy (non-hydrogen) atoms. The van der Waals surface area contributed by atoms with Crippen LogP contribution in [0.1, 0.15) is 18.1 Å². The van der Waals surface area contributed by atoms with E-state index >= 15 is 0 Å². The Balaban J connectivity index is 2.62. The molecule has 0 fully saturated rings. The smallest absolute Gasteiger partial charge is 0.165 e. The second kappa shape index (κ2) is 4.67. The highest BCUT2D eigenvalue weighted by molar-refractivity contribution is 6.31. The zero-order chi connectivity index (χ0) is 13.3. The minimum atomic E-state index is -1.69. The molecule has 1 N–H and O–H groups in total. The van der Waals surface area contributed by atoms with Crippen LogP contribution >= 0.6 is 11.6 Å². The van der Waals surface area contributed by atoms with Gasteiger partial charge in [0.2, 0.25) is 0 Å². The molecule has 4 heteroatoms. The van der Waals surface area contributed by atoms with Crippen molar-refractivity contribution < 1.29 is 13.9 Å². The average molecular weight is 269 g/mol. The maximum absolute atomic E-state index is 13.7. The van der Waals surface area contributed by atoms with Gasteiger partial charge in [0.05, 0.1) is 0 Å². The predicted octanol–water partition coefficient (Wildman–Crippen LogP) is 3.87. The highest BCUT2D eigenvalue weighted by Gasteiger charge is 2.31. The van der Waals surface area contributed by atoms with E-state index in [1.807, 2.05) is 0 Å². The first-order chi connectivity index (χ1) is 8.44. The molecule has 0 spiro atoms. The minimum Gasteiger partial charge on any atom is -0.381 e. The van der Waals surface area contributed by atoms with Gasteiger partial charge in [0.1, 0.15) is 5.60 Å². The number of hydrogen-bond donors (Lipinski definition) is 1. The van der Waals surface area contributed by atoms with Crippen molar-refractivity contribution >= 4 is 11.6 Å². The Labute approximate surface area is 109 Å². The molecule has 0 amide bonds. The van der Waals surface area contributed by atoms with Crippen LogP contribution in [0.3, 0.4) is 0 Å². The van der Waals surface area contributed by atoms with Gasteiger partial charge in [-0.2, -0.15) is 0 Å². The molecule has 0 saturated heterocycles. The Kier molecular flexibility index (Phi) is 3.37. The summed E-state index contributed by atoms with van der Waals surface area (Å²) in [6.45, 7) is 1.38. The zero-order valence-corrected chi connectivity index (χ0v) is 10.4. The number of halogens is 3. The summed E-state index contributed by atoms with van der Waals surface area (Å²) in [7, 11) is 0. The molecule has 2 rings (SSSR count). The molecule has 0 aliphatic carbocycles. The monoisotopic (exact) mass is 268 g/mol. The van der Waals surface area contributed by atoms with E-state index in [0.29, 0.717) is 10.6 Å². The SMILES string of the molecule is CC(O)(c1ccccc1Cl)c1cccc(F)c1F. The van der Waals surface area contributed by atoms with Crippen LogP contribution in [0.4, 0.5) is 8.78 Å². The second-order valence-electron chi connectivity index (χ2n) is 4.15. The van der Waals surface area contributed by atoms with Crippen LogP contribution in [0, 0.1) is 11.6 Å². The lowest BCUT2D eigenvalue weighted by molar-refractivity contribution is 0.0971. The van der Waals surface area contributed by atoms with Crippen LogP contribution in [0.25, 0.3) is 0 Å². The van der Waals surface area contributed by atoms with Crippen molar-refractivity contribution in [3.63, 3.8) is 0 Å². The Bertz CT molecular complexity index is 582. The van der Waals surface area contributed by atoms with Crippen LogP contribution in [0.15, 0.2) is 42.5 Å². The number of rotatable bonds is 2.